The fourth-order valence-electron chi connectivity index (χ4n) is 1.25. The minimum atomic E-state index is -0.964. The normalized spacial score (nSPS) is 12.2. The molecule has 1 rings (SSSR count). The van der Waals surface area contributed by atoms with E-state index in [0.29, 0.717) is 0 Å². The molecule has 1 atom stereocenters. The summed E-state index contributed by atoms with van der Waals surface area (Å²) in [6.45, 7) is 0. The van der Waals surface area contributed by atoms with Gasteiger partial charge >= 0.3 is 5.97 Å². The fraction of sp³-hybridized carbons (Fsp3) is 0.300. The van der Waals surface area contributed by atoms with Crippen molar-refractivity contribution >= 4 is 17.6 Å². The van der Waals surface area contributed by atoms with E-state index in [1.54, 1.807) is 0 Å². The van der Waals surface area contributed by atoms with E-state index in [9.17, 15) is 14.3 Å². The highest BCUT2D eigenvalue weighted by molar-refractivity contribution is 6.32. The predicted molar refractivity (Wildman–Crippen MR) is 56.8 cm³/mol. The molecule has 0 spiro atoms. The van der Waals surface area contributed by atoms with E-state index in [1.807, 2.05) is 0 Å². The van der Waals surface area contributed by atoms with Crippen molar-refractivity contribution in [1.82, 2.24) is 0 Å². The molecule has 0 aliphatic carbocycles. The number of esters is 1. The van der Waals surface area contributed by atoms with Crippen molar-refractivity contribution in [1.29, 1.82) is 0 Å². The van der Waals surface area contributed by atoms with Gasteiger partial charge < -0.3 is 15.6 Å². The molecule has 0 heterocycles. The molecular weight excluding hydrogens is 237 g/mol. The molecule has 0 fully saturated rings. The summed E-state index contributed by atoms with van der Waals surface area (Å²) in [5, 5.41) is 9.40. The lowest BCUT2D eigenvalue weighted by atomic mass is 10.1. The first kappa shape index (κ1) is 12.7. The number of phenols is 1. The Bertz CT molecular complexity index is 411. The molecule has 1 aromatic rings. The third-order valence-electron chi connectivity index (χ3n) is 2.05. The third kappa shape index (κ3) is 2.84. The Morgan fingerprint density at radius 1 is 1.69 bits per heavy atom. The zero-order valence-electron chi connectivity index (χ0n) is 8.54. The first-order valence-electron chi connectivity index (χ1n) is 4.46. The van der Waals surface area contributed by atoms with Gasteiger partial charge in [-0.2, -0.15) is 0 Å². The van der Waals surface area contributed by atoms with Crippen molar-refractivity contribution in [2.45, 2.75) is 12.5 Å². The maximum absolute atomic E-state index is 13.0. The SMILES string of the molecule is COC(=O)C(N)Cc1cc(F)cc(Cl)c1O. The van der Waals surface area contributed by atoms with Gasteiger partial charge in [0.25, 0.3) is 0 Å². The number of nitrogens with two attached hydrogens (primary N) is 1. The standard InChI is InChI=1S/C10H11ClFNO3/c1-16-10(15)8(13)3-5-2-6(12)4-7(11)9(5)14/h2,4,8,14H,3,13H2,1H3. The second-order valence-corrected chi connectivity index (χ2v) is 3.64. The van der Waals surface area contributed by atoms with Crippen LogP contribution in [0.4, 0.5) is 4.39 Å². The molecule has 6 heteroatoms. The topological polar surface area (TPSA) is 72.5 Å². The van der Waals surface area contributed by atoms with Crippen LogP contribution in [0.25, 0.3) is 0 Å². The van der Waals surface area contributed by atoms with E-state index in [1.165, 1.54) is 7.11 Å². The van der Waals surface area contributed by atoms with Gasteiger partial charge in [-0.05, 0) is 12.1 Å². The quantitative estimate of drug-likeness (QED) is 0.788. The minimum absolute atomic E-state index is 0.0456. The van der Waals surface area contributed by atoms with Crippen LogP contribution < -0.4 is 5.73 Å². The van der Waals surface area contributed by atoms with Crippen LogP contribution in [0.3, 0.4) is 0 Å². The maximum atomic E-state index is 13.0. The van der Waals surface area contributed by atoms with Crippen molar-refractivity contribution < 1.29 is 19.0 Å². The van der Waals surface area contributed by atoms with Crippen molar-refractivity contribution in [3.05, 3.63) is 28.5 Å². The molecule has 0 saturated heterocycles. The van der Waals surface area contributed by atoms with Crippen LogP contribution >= 0.6 is 11.6 Å². The molecule has 16 heavy (non-hydrogen) atoms. The number of phenolic OH excluding ortho intramolecular Hbond substituents is 1. The molecule has 0 saturated carbocycles. The average Bonchev–Trinajstić information content (AvgIpc) is 2.23. The van der Waals surface area contributed by atoms with Crippen molar-refractivity contribution in [3.63, 3.8) is 0 Å². The largest absolute Gasteiger partial charge is 0.506 e. The number of carbonyl (C=O) groups excluding carboxylic acids is 1. The number of rotatable bonds is 3. The second kappa shape index (κ2) is 5.14. The number of hydrogen-bond acceptors (Lipinski definition) is 4. The van der Waals surface area contributed by atoms with E-state index < -0.39 is 17.8 Å². The Morgan fingerprint density at radius 3 is 2.88 bits per heavy atom. The summed E-state index contributed by atoms with van der Waals surface area (Å²) < 4.78 is 17.4. The van der Waals surface area contributed by atoms with Gasteiger partial charge in [-0.25, -0.2) is 4.39 Å². The van der Waals surface area contributed by atoms with Crippen LogP contribution in [0.5, 0.6) is 5.75 Å². The molecule has 1 aromatic carbocycles. The molecule has 0 aromatic heterocycles. The Balaban J connectivity index is 2.93. The number of ether oxygens (including phenoxy) is 1. The number of benzene rings is 1. The van der Waals surface area contributed by atoms with E-state index in [0.717, 1.165) is 12.1 Å². The van der Waals surface area contributed by atoms with Gasteiger partial charge in [-0.1, -0.05) is 11.6 Å². The van der Waals surface area contributed by atoms with Gasteiger partial charge in [0.15, 0.2) is 0 Å². The van der Waals surface area contributed by atoms with Crippen LogP contribution in [0.2, 0.25) is 5.02 Å². The third-order valence-corrected chi connectivity index (χ3v) is 2.34. The van der Waals surface area contributed by atoms with Gasteiger partial charge in [-0.15, -0.1) is 0 Å². The summed E-state index contributed by atoms with van der Waals surface area (Å²) in [6.07, 6.45) is -0.0456. The smallest absolute Gasteiger partial charge is 0.322 e. The maximum Gasteiger partial charge on any atom is 0.322 e. The van der Waals surface area contributed by atoms with Crippen LogP contribution in [0, 0.1) is 5.82 Å². The molecule has 3 N–H and O–H groups in total. The number of carbonyl (C=O) groups is 1. The Hall–Kier alpha value is -1.33. The van der Waals surface area contributed by atoms with Crippen LogP contribution in [-0.4, -0.2) is 24.2 Å². The van der Waals surface area contributed by atoms with E-state index >= 15 is 0 Å². The highest BCUT2D eigenvalue weighted by Gasteiger charge is 2.18. The van der Waals surface area contributed by atoms with Crippen LogP contribution in [-0.2, 0) is 16.0 Å². The first-order chi connectivity index (χ1) is 7.45. The molecule has 0 amide bonds. The summed E-state index contributed by atoms with van der Waals surface area (Å²) in [4.78, 5) is 11.0. The molecular formula is C10H11ClFNO3. The van der Waals surface area contributed by atoms with Crippen LogP contribution in [0.15, 0.2) is 12.1 Å². The van der Waals surface area contributed by atoms with E-state index in [2.05, 4.69) is 4.74 Å². The van der Waals surface area contributed by atoms with Crippen molar-refractivity contribution in [2.75, 3.05) is 7.11 Å². The highest BCUT2D eigenvalue weighted by atomic mass is 35.5. The van der Waals surface area contributed by atoms with Gasteiger partial charge in [0.1, 0.15) is 17.6 Å². The van der Waals surface area contributed by atoms with E-state index in [-0.39, 0.29) is 22.8 Å². The number of halogens is 2. The number of hydrogen-bond donors (Lipinski definition) is 2. The molecule has 0 aliphatic rings. The fourth-order valence-corrected chi connectivity index (χ4v) is 1.47. The van der Waals surface area contributed by atoms with Crippen molar-refractivity contribution in [3.8, 4) is 5.75 Å². The van der Waals surface area contributed by atoms with E-state index in [4.69, 9.17) is 17.3 Å². The molecule has 4 nitrogen and oxygen atoms in total. The summed E-state index contributed by atoms with van der Waals surface area (Å²) in [6, 6.07) is 1.09. The molecule has 0 radical (unpaired) electrons. The number of aromatic hydroxyl groups is 1. The monoisotopic (exact) mass is 247 g/mol. The van der Waals surface area contributed by atoms with Gasteiger partial charge in [0.2, 0.25) is 0 Å². The molecule has 1 unspecified atom stereocenters. The lowest BCUT2D eigenvalue weighted by Crippen LogP contribution is -2.33. The summed E-state index contributed by atoms with van der Waals surface area (Å²) in [5.41, 5.74) is 5.65. The minimum Gasteiger partial charge on any atom is -0.506 e. The zero-order valence-corrected chi connectivity index (χ0v) is 9.29. The zero-order chi connectivity index (χ0) is 12.3. The van der Waals surface area contributed by atoms with Gasteiger partial charge in [0, 0.05) is 12.0 Å². The Kier molecular flexibility index (Phi) is 4.09. The summed E-state index contributed by atoms with van der Waals surface area (Å²) >= 11 is 5.57. The highest BCUT2D eigenvalue weighted by Crippen LogP contribution is 2.29. The van der Waals surface area contributed by atoms with Crippen LogP contribution in [0.1, 0.15) is 5.56 Å². The second-order valence-electron chi connectivity index (χ2n) is 3.23. The van der Waals surface area contributed by atoms with Gasteiger partial charge in [-0.3, -0.25) is 4.79 Å². The summed E-state index contributed by atoms with van der Waals surface area (Å²) in [7, 11) is 1.20. The first-order valence-corrected chi connectivity index (χ1v) is 4.83. The molecule has 0 aliphatic heterocycles. The Morgan fingerprint density at radius 2 is 2.31 bits per heavy atom. The predicted octanol–water partition coefficient (Wildman–Crippen LogP) is 1.23. The Labute approximate surface area is 96.8 Å². The lowest BCUT2D eigenvalue weighted by molar-refractivity contribution is -0.142. The molecule has 88 valence electrons. The van der Waals surface area contributed by atoms with Gasteiger partial charge in [0.05, 0.1) is 12.1 Å². The summed E-state index contributed by atoms with van der Waals surface area (Å²) in [5.74, 6) is -1.52. The lowest BCUT2D eigenvalue weighted by Gasteiger charge is -2.11. The number of methoxy groups -OCH3 is 1. The van der Waals surface area contributed by atoms with Crippen molar-refractivity contribution in [2.24, 2.45) is 5.73 Å². The molecule has 0 bridgehead atoms. The average molecular weight is 248 g/mol.